The van der Waals surface area contributed by atoms with Crippen molar-refractivity contribution in [1.82, 2.24) is 4.90 Å². The molecule has 3 nitrogen and oxygen atoms in total. The predicted molar refractivity (Wildman–Crippen MR) is 107 cm³/mol. The smallest absolute Gasteiger partial charge is 0.222 e. The highest BCUT2D eigenvalue weighted by Gasteiger charge is 2.10. The minimum Gasteiger partial charge on any atom is -0.497 e. The maximum Gasteiger partial charge on any atom is 0.222 e. The van der Waals surface area contributed by atoms with E-state index >= 15 is 0 Å². The summed E-state index contributed by atoms with van der Waals surface area (Å²) in [5.41, 5.74) is 2.24. The van der Waals surface area contributed by atoms with E-state index in [0.717, 1.165) is 34.1 Å². The van der Waals surface area contributed by atoms with E-state index in [1.54, 1.807) is 12.0 Å². The molecule has 1 amide bonds. The Kier molecular flexibility index (Phi) is 5.79. The van der Waals surface area contributed by atoms with Crippen LogP contribution in [0.15, 0.2) is 60.7 Å². The molecule has 0 N–H and O–H groups in total. The summed E-state index contributed by atoms with van der Waals surface area (Å²) >= 11 is 5.89. The van der Waals surface area contributed by atoms with E-state index in [0.29, 0.717) is 18.0 Å². The standard InChI is InChI=1S/C22H22ClNO2/c1-24(22(25)12-6-16-4-9-20(23)10-5-16)15-17-3-7-19-14-21(26-2)11-8-18(19)13-17/h3-5,7-11,13-14H,6,12,15H2,1-2H3. The molecule has 0 atom stereocenters. The van der Waals surface area contributed by atoms with Crippen molar-refractivity contribution in [2.24, 2.45) is 0 Å². The number of aryl methyl sites for hydroxylation is 1. The second kappa shape index (κ2) is 8.24. The fourth-order valence-corrected chi connectivity index (χ4v) is 3.08. The molecule has 3 aromatic carbocycles. The van der Waals surface area contributed by atoms with E-state index in [1.807, 2.05) is 49.5 Å². The maximum atomic E-state index is 12.4. The largest absolute Gasteiger partial charge is 0.497 e. The van der Waals surface area contributed by atoms with Crippen LogP contribution in [0.1, 0.15) is 17.5 Å². The number of methoxy groups -OCH3 is 1. The van der Waals surface area contributed by atoms with Crippen molar-refractivity contribution in [3.8, 4) is 5.75 Å². The van der Waals surface area contributed by atoms with Gasteiger partial charge in [-0.3, -0.25) is 4.79 Å². The van der Waals surface area contributed by atoms with Crippen LogP contribution in [-0.4, -0.2) is 25.0 Å². The van der Waals surface area contributed by atoms with Gasteiger partial charge in [0.05, 0.1) is 7.11 Å². The first-order valence-corrected chi connectivity index (χ1v) is 8.98. The number of amides is 1. The molecule has 0 aliphatic heterocycles. The molecule has 0 bridgehead atoms. The number of ether oxygens (including phenoxy) is 1. The van der Waals surface area contributed by atoms with E-state index in [2.05, 4.69) is 18.2 Å². The molecular formula is C22H22ClNO2. The van der Waals surface area contributed by atoms with Crippen molar-refractivity contribution in [3.63, 3.8) is 0 Å². The molecule has 0 saturated carbocycles. The van der Waals surface area contributed by atoms with Gasteiger partial charge in [0.25, 0.3) is 0 Å². The monoisotopic (exact) mass is 367 g/mol. The second-order valence-electron chi connectivity index (χ2n) is 6.42. The number of carbonyl (C=O) groups excluding carboxylic acids is 1. The Morgan fingerprint density at radius 1 is 0.962 bits per heavy atom. The molecule has 0 saturated heterocycles. The average Bonchev–Trinajstić information content (AvgIpc) is 2.66. The van der Waals surface area contributed by atoms with Gasteiger partial charge in [-0.1, -0.05) is 41.9 Å². The quantitative estimate of drug-likeness (QED) is 0.607. The zero-order chi connectivity index (χ0) is 18.5. The lowest BCUT2D eigenvalue weighted by molar-refractivity contribution is -0.130. The first kappa shape index (κ1) is 18.3. The molecule has 4 heteroatoms. The first-order chi connectivity index (χ1) is 12.5. The van der Waals surface area contributed by atoms with Crippen molar-refractivity contribution in [3.05, 3.63) is 76.8 Å². The van der Waals surface area contributed by atoms with Crippen molar-refractivity contribution >= 4 is 28.3 Å². The van der Waals surface area contributed by atoms with Crippen molar-refractivity contribution in [2.75, 3.05) is 14.2 Å². The Labute approximate surface area is 159 Å². The van der Waals surface area contributed by atoms with E-state index in [1.165, 1.54) is 0 Å². The van der Waals surface area contributed by atoms with Gasteiger partial charge >= 0.3 is 0 Å². The Morgan fingerprint density at radius 2 is 1.62 bits per heavy atom. The summed E-state index contributed by atoms with van der Waals surface area (Å²) in [6.45, 7) is 0.599. The lowest BCUT2D eigenvalue weighted by Crippen LogP contribution is -2.26. The zero-order valence-corrected chi connectivity index (χ0v) is 15.8. The molecule has 3 aromatic rings. The van der Waals surface area contributed by atoms with Gasteiger partial charge in [-0.25, -0.2) is 0 Å². The summed E-state index contributed by atoms with van der Waals surface area (Å²) in [6.07, 6.45) is 1.21. The topological polar surface area (TPSA) is 29.5 Å². The number of benzene rings is 3. The van der Waals surface area contributed by atoms with Gasteiger partial charge < -0.3 is 9.64 Å². The first-order valence-electron chi connectivity index (χ1n) is 8.60. The number of nitrogens with zero attached hydrogens (tertiary/aromatic N) is 1. The third-order valence-corrected chi connectivity index (χ3v) is 4.75. The van der Waals surface area contributed by atoms with E-state index < -0.39 is 0 Å². The number of hydrogen-bond acceptors (Lipinski definition) is 2. The van der Waals surface area contributed by atoms with Crippen LogP contribution < -0.4 is 4.74 Å². The third kappa shape index (κ3) is 4.55. The zero-order valence-electron chi connectivity index (χ0n) is 15.0. The van der Waals surface area contributed by atoms with Gasteiger partial charge in [-0.15, -0.1) is 0 Å². The molecule has 0 aliphatic carbocycles. The van der Waals surface area contributed by atoms with Crippen molar-refractivity contribution in [1.29, 1.82) is 0 Å². The summed E-state index contributed by atoms with van der Waals surface area (Å²) in [5.74, 6) is 0.981. The minimum absolute atomic E-state index is 0.134. The number of hydrogen-bond donors (Lipinski definition) is 0. The molecule has 0 heterocycles. The predicted octanol–water partition coefficient (Wildman–Crippen LogP) is 5.09. The molecule has 26 heavy (non-hydrogen) atoms. The summed E-state index contributed by atoms with van der Waals surface area (Å²) in [7, 11) is 3.52. The van der Waals surface area contributed by atoms with Gasteiger partial charge in [-0.05, 0) is 58.7 Å². The summed E-state index contributed by atoms with van der Waals surface area (Å²) in [6, 6.07) is 19.9. The Hall–Kier alpha value is -2.52. The number of carbonyl (C=O) groups is 1. The third-order valence-electron chi connectivity index (χ3n) is 4.50. The lowest BCUT2D eigenvalue weighted by atomic mass is 10.1. The number of fused-ring (bicyclic) bond motifs is 1. The summed E-state index contributed by atoms with van der Waals surface area (Å²) in [5, 5.41) is 2.99. The molecule has 0 aromatic heterocycles. The normalized spacial score (nSPS) is 10.7. The van der Waals surface area contributed by atoms with Gasteiger partial charge in [-0.2, -0.15) is 0 Å². The Bertz CT molecular complexity index is 906. The molecule has 0 aliphatic rings. The van der Waals surface area contributed by atoms with Gasteiger partial charge in [0.1, 0.15) is 5.75 Å². The molecule has 0 fully saturated rings. The lowest BCUT2D eigenvalue weighted by Gasteiger charge is -2.18. The van der Waals surface area contributed by atoms with Crippen LogP contribution in [0.2, 0.25) is 5.02 Å². The molecule has 0 spiro atoms. The molecule has 0 unspecified atom stereocenters. The fourth-order valence-electron chi connectivity index (χ4n) is 2.95. The van der Waals surface area contributed by atoms with E-state index in [4.69, 9.17) is 16.3 Å². The SMILES string of the molecule is COc1ccc2cc(CN(C)C(=O)CCc3ccc(Cl)cc3)ccc2c1. The highest BCUT2D eigenvalue weighted by Crippen LogP contribution is 2.22. The second-order valence-corrected chi connectivity index (χ2v) is 6.86. The van der Waals surface area contributed by atoms with Gasteiger partial charge in [0, 0.05) is 25.0 Å². The van der Waals surface area contributed by atoms with Crippen LogP contribution in [-0.2, 0) is 17.8 Å². The molecule has 0 radical (unpaired) electrons. The van der Waals surface area contributed by atoms with Crippen LogP contribution in [0.5, 0.6) is 5.75 Å². The fraction of sp³-hybridized carbons (Fsp3) is 0.227. The van der Waals surface area contributed by atoms with Crippen LogP contribution in [0, 0.1) is 0 Å². The maximum absolute atomic E-state index is 12.4. The Morgan fingerprint density at radius 3 is 2.35 bits per heavy atom. The van der Waals surface area contributed by atoms with Crippen LogP contribution in [0.25, 0.3) is 10.8 Å². The minimum atomic E-state index is 0.134. The summed E-state index contributed by atoms with van der Waals surface area (Å²) in [4.78, 5) is 14.2. The Balaban J connectivity index is 1.61. The van der Waals surface area contributed by atoms with Crippen LogP contribution in [0.3, 0.4) is 0 Å². The highest BCUT2D eigenvalue weighted by atomic mass is 35.5. The number of rotatable bonds is 6. The molecular weight excluding hydrogens is 346 g/mol. The molecule has 134 valence electrons. The van der Waals surface area contributed by atoms with Crippen molar-refractivity contribution in [2.45, 2.75) is 19.4 Å². The average molecular weight is 368 g/mol. The van der Waals surface area contributed by atoms with Gasteiger partial charge in [0.15, 0.2) is 0 Å². The van der Waals surface area contributed by atoms with Crippen LogP contribution >= 0.6 is 11.6 Å². The van der Waals surface area contributed by atoms with Crippen molar-refractivity contribution < 1.29 is 9.53 Å². The van der Waals surface area contributed by atoms with E-state index in [-0.39, 0.29) is 5.91 Å². The number of halogens is 1. The van der Waals surface area contributed by atoms with Gasteiger partial charge in [0.2, 0.25) is 5.91 Å². The molecule has 3 rings (SSSR count). The highest BCUT2D eigenvalue weighted by molar-refractivity contribution is 6.30. The van der Waals surface area contributed by atoms with Crippen LogP contribution in [0.4, 0.5) is 0 Å². The van der Waals surface area contributed by atoms with E-state index in [9.17, 15) is 4.79 Å². The summed E-state index contributed by atoms with van der Waals surface area (Å²) < 4.78 is 5.26.